The predicted octanol–water partition coefficient (Wildman–Crippen LogP) is 1.65. The lowest BCUT2D eigenvalue weighted by molar-refractivity contribution is 0.0646. The van der Waals surface area contributed by atoms with Gasteiger partial charge >= 0.3 is 0 Å². The Labute approximate surface area is 98.8 Å². The minimum atomic E-state index is 0.145. The van der Waals surface area contributed by atoms with E-state index in [2.05, 4.69) is 4.90 Å². The molecule has 2 fully saturated rings. The van der Waals surface area contributed by atoms with E-state index in [0.29, 0.717) is 6.61 Å². The molecular weight excluding hydrogens is 202 g/mol. The van der Waals surface area contributed by atoms with E-state index in [-0.39, 0.29) is 6.61 Å². The fourth-order valence-corrected chi connectivity index (χ4v) is 3.35. The topological polar surface area (TPSA) is 32.7 Å². The second-order valence-corrected chi connectivity index (χ2v) is 5.13. The van der Waals surface area contributed by atoms with E-state index >= 15 is 0 Å². The average molecular weight is 227 g/mol. The average Bonchev–Trinajstić information content (AvgIpc) is 2.94. The third kappa shape index (κ3) is 3.19. The maximum absolute atomic E-state index is 8.64. The highest BCUT2D eigenvalue weighted by molar-refractivity contribution is 4.87. The maximum atomic E-state index is 8.64. The Hall–Kier alpha value is -0.120. The van der Waals surface area contributed by atoms with Crippen molar-refractivity contribution in [1.82, 2.24) is 4.90 Å². The number of ether oxygens (including phenoxy) is 1. The number of hydrogen-bond donors (Lipinski definition) is 1. The van der Waals surface area contributed by atoms with E-state index in [9.17, 15) is 0 Å². The van der Waals surface area contributed by atoms with Crippen LogP contribution in [0.25, 0.3) is 0 Å². The Morgan fingerprint density at radius 3 is 2.62 bits per heavy atom. The largest absolute Gasteiger partial charge is 0.394 e. The summed E-state index contributed by atoms with van der Waals surface area (Å²) >= 11 is 0. The van der Waals surface area contributed by atoms with Gasteiger partial charge in [0.15, 0.2) is 0 Å². The van der Waals surface area contributed by atoms with Crippen LogP contribution in [0, 0.1) is 5.92 Å². The first-order valence-corrected chi connectivity index (χ1v) is 6.84. The van der Waals surface area contributed by atoms with Gasteiger partial charge in [0, 0.05) is 12.6 Å². The highest BCUT2D eigenvalue weighted by atomic mass is 16.5. The monoisotopic (exact) mass is 227 g/mol. The van der Waals surface area contributed by atoms with Gasteiger partial charge < -0.3 is 9.84 Å². The summed E-state index contributed by atoms with van der Waals surface area (Å²) in [4.78, 5) is 2.62. The zero-order valence-corrected chi connectivity index (χ0v) is 10.2. The fourth-order valence-electron chi connectivity index (χ4n) is 3.35. The molecule has 1 saturated carbocycles. The standard InChI is InChI=1S/C13H25NO2/c15-9-11-16-10-8-14-7-3-6-13(14)12-4-1-2-5-12/h12-13,15H,1-11H2. The molecule has 0 aromatic rings. The SMILES string of the molecule is OCCOCCN1CCCC1C1CCCC1. The van der Waals surface area contributed by atoms with Gasteiger partial charge in [0.05, 0.1) is 19.8 Å². The van der Waals surface area contributed by atoms with Gasteiger partial charge in [-0.15, -0.1) is 0 Å². The van der Waals surface area contributed by atoms with Crippen LogP contribution in [0.5, 0.6) is 0 Å². The third-order valence-electron chi connectivity index (χ3n) is 4.12. The zero-order valence-electron chi connectivity index (χ0n) is 10.2. The highest BCUT2D eigenvalue weighted by Gasteiger charge is 2.32. The maximum Gasteiger partial charge on any atom is 0.0698 e. The molecule has 16 heavy (non-hydrogen) atoms. The summed E-state index contributed by atoms with van der Waals surface area (Å²) in [5.41, 5.74) is 0. The summed E-state index contributed by atoms with van der Waals surface area (Å²) in [6.07, 6.45) is 8.52. The van der Waals surface area contributed by atoms with Crippen molar-refractivity contribution in [2.75, 3.05) is 32.9 Å². The minimum absolute atomic E-state index is 0.145. The second kappa shape index (κ2) is 6.58. The van der Waals surface area contributed by atoms with Gasteiger partial charge in [0.25, 0.3) is 0 Å². The molecule has 1 aliphatic heterocycles. The molecule has 1 N–H and O–H groups in total. The van der Waals surface area contributed by atoms with Crippen molar-refractivity contribution >= 4 is 0 Å². The lowest BCUT2D eigenvalue weighted by Crippen LogP contribution is -2.37. The number of nitrogens with zero attached hydrogens (tertiary/aromatic N) is 1. The van der Waals surface area contributed by atoms with Crippen LogP contribution >= 0.6 is 0 Å². The fraction of sp³-hybridized carbons (Fsp3) is 1.00. The molecule has 0 radical (unpaired) electrons. The van der Waals surface area contributed by atoms with Gasteiger partial charge in [-0.3, -0.25) is 4.90 Å². The van der Waals surface area contributed by atoms with Gasteiger partial charge in [0.2, 0.25) is 0 Å². The van der Waals surface area contributed by atoms with Crippen LogP contribution in [-0.2, 0) is 4.74 Å². The lowest BCUT2D eigenvalue weighted by Gasteiger charge is -2.29. The Kier molecular flexibility index (Phi) is 5.07. The van der Waals surface area contributed by atoms with Gasteiger partial charge in [-0.05, 0) is 38.1 Å². The van der Waals surface area contributed by atoms with Gasteiger partial charge in [-0.25, -0.2) is 0 Å². The smallest absolute Gasteiger partial charge is 0.0698 e. The van der Waals surface area contributed by atoms with E-state index in [0.717, 1.165) is 25.1 Å². The van der Waals surface area contributed by atoms with Crippen LogP contribution < -0.4 is 0 Å². The normalized spacial score (nSPS) is 27.9. The molecule has 2 aliphatic rings. The van der Waals surface area contributed by atoms with Crippen LogP contribution in [0.3, 0.4) is 0 Å². The predicted molar refractivity (Wildman–Crippen MR) is 64.5 cm³/mol. The van der Waals surface area contributed by atoms with Crippen molar-refractivity contribution in [1.29, 1.82) is 0 Å². The van der Waals surface area contributed by atoms with Crippen LogP contribution in [0.1, 0.15) is 38.5 Å². The number of aliphatic hydroxyl groups excluding tert-OH is 1. The lowest BCUT2D eigenvalue weighted by atomic mass is 9.96. The summed E-state index contributed by atoms with van der Waals surface area (Å²) < 4.78 is 5.36. The van der Waals surface area contributed by atoms with E-state index in [1.54, 1.807) is 0 Å². The first kappa shape index (κ1) is 12.3. The molecule has 1 saturated heterocycles. The number of rotatable bonds is 6. The Balaban J connectivity index is 1.70. The van der Waals surface area contributed by atoms with E-state index in [1.165, 1.54) is 45.1 Å². The third-order valence-corrected chi connectivity index (χ3v) is 4.12. The molecule has 1 heterocycles. The Morgan fingerprint density at radius 1 is 1.06 bits per heavy atom. The molecule has 0 amide bonds. The molecule has 1 aliphatic carbocycles. The van der Waals surface area contributed by atoms with Crippen molar-refractivity contribution in [3.63, 3.8) is 0 Å². The number of hydrogen-bond acceptors (Lipinski definition) is 3. The second-order valence-electron chi connectivity index (χ2n) is 5.13. The number of likely N-dealkylation sites (tertiary alicyclic amines) is 1. The van der Waals surface area contributed by atoms with Crippen LogP contribution in [0.2, 0.25) is 0 Å². The molecule has 0 bridgehead atoms. The van der Waals surface area contributed by atoms with E-state index < -0.39 is 0 Å². The Bertz CT molecular complexity index is 192. The molecular formula is C13H25NO2. The van der Waals surface area contributed by atoms with Gasteiger partial charge in [-0.2, -0.15) is 0 Å². The molecule has 3 heteroatoms. The van der Waals surface area contributed by atoms with Crippen molar-refractivity contribution < 1.29 is 9.84 Å². The zero-order chi connectivity index (χ0) is 11.2. The first-order chi connectivity index (χ1) is 7.92. The molecule has 1 atom stereocenters. The molecule has 2 rings (SSSR count). The van der Waals surface area contributed by atoms with Crippen molar-refractivity contribution in [3.8, 4) is 0 Å². The molecule has 3 nitrogen and oxygen atoms in total. The summed E-state index contributed by atoms with van der Waals surface area (Å²) in [5, 5.41) is 8.64. The molecule has 0 aromatic heterocycles. The Morgan fingerprint density at radius 2 is 1.88 bits per heavy atom. The summed E-state index contributed by atoms with van der Waals surface area (Å²) in [7, 11) is 0. The molecule has 1 unspecified atom stereocenters. The first-order valence-electron chi connectivity index (χ1n) is 6.84. The van der Waals surface area contributed by atoms with E-state index in [1.807, 2.05) is 0 Å². The molecule has 0 spiro atoms. The van der Waals surface area contributed by atoms with Crippen molar-refractivity contribution in [2.24, 2.45) is 5.92 Å². The quantitative estimate of drug-likeness (QED) is 0.700. The summed E-state index contributed by atoms with van der Waals surface area (Å²) in [6.45, 7) is 3.72. The highest BCUT2D eigenvalue weighted by Crippen LogP contribution is 2.35. The van der Waals surface area contributed by atoms with Crippen LogP contribution in [-0.4, -0.2) is 49.0 Å². The van der Waals surface area contributed by atoms with Gasteiger partial charge in [-0.1, -0.05) is 12.8 Å². The van der Waals surface area contributed by atoms with Crippen molar-refractivity contribution in [2.45, 2.75) is 44.6 Å². The van der Waals surface area contributed by atoms with Gasteiger partial charge in [0.1, 0.15) is 0 Å². The minimum Gasteiger partial charge on any atom is -0.394 e. The summed E-state index contributed by atoms with van der Waals surface area (Å²) in [6, 6.07) is 0.834. The van der Waals surface area contributed by atoms with E-state index in [4.69, 9.17) is 9.84 Å². The summed E-state index contributed by atoms with van der Waals surface area (Å²) in [5.74, 6) is 0.959. The molecule has 0 aromatic carbocycles. The van der Waals surface area contributed by atoms with Crippen LogP contribution in [0.15, 0.2) is 0 Å². The number of aliphatic hydroxyl groups is 1. The van der Waals surface area contributed by atoms with Crippen LogP contribution in [0.4, 0.5) is 0 Å². The molecule has 94 valence electrons. The van der Waals surface area contributed by atoms with Crippen molar-refractivity contribution in [3.05, 3.63) is 0 Å².